The molecule has 0 saturated heterocycles. The largest absolute Gasteiger partial charge is 1.00 e. The molecule has 114 valence electrons. The van der Waals surface area contributed by atoms with Crippen LogP contribution in [0.25, 0.3) is 0 Å². The Labute approximate surface area is 145 Å². The normalized spacial score (nSPS) is 11.7. The first-order valence-corrected chi connectivity index (χ1v) is 8.56. The van der Waals surface area contributed by atoms with Crippen molar-refractivity contribution in [3.8, 4) is 0 Å². The molecule has 2 rings (SSSR count). The van der Waals surface area contributed by atoms with Crippen LogP contribution in [0.2, 0.25) is 0 Å². The van der Waals surface area contributed by atoms with Crippen LogP contribution in [0.15, 0.2) is 58.0 Å². The quantitative estimate of drug-likeness (QED) is 0.605. The second-order valence-electron chi connectivity index (χ2n) is 4.68. The average molecular weight is 388 g/mol. The molecule has 1 atom stereocenters. The van der Waals surface area contributed by atoms with Crippen molar-refractivity contribution < 1.29 is 17.0 Å². The van der Waals surface area contributed by atoms with E-state index >= 15 is 0 Å². The molecule has 2 N–H and O–H groups in total. The van der Waals surface area contributed by atoms with Crippen molar-refractivity contribution in [1.29, 1.82) is 0 Å². The van der Waals surface area contributed by atoms with Crippen LogP contribution in [-0.2, 0) is 0 Å². The molecule has 1 aromatic heterocycles. The topological polar surface area (TPSA) is 29.9 Å². The molecular formula is C16H20BrClN2S. The first kappa shape index (κ1) is 18.3. The standard InChI is InChI=1S/C16H19BrN2S.ClH/c1-2-3-11-16(19-12-7-6-10-15(19)18)20-14-9-5-4-8-13(14)17;/h4-10,12,16,18H,2-3,11H2,1H3;1H. The molecule has 2 nitrogen and oxygen atoms in total. The lowest BCUT2D eigenvalue weighted by atomic mass is 10.2. The summed E-state index contributed by atoms with van der Waals surface area (Å²) >= 11 is 5.48. The number of nitrogens with zero attached hydrogens (tertiary/aromatic N) is 1. The summed E-state index contributed by atoms with van der Waals surface area (Å²) in [6.45, 7) is 2.22. The van der Waals surface area contributed by atoms with Crippen molar-refractivity contribution >= 4 is 33.5 Å². The number of pyridine rings is 1. The number of unbranched alkanes of at least 4 members (excludes halogenated alkanes) is 1. The number of thioether (sulfide) groups is 1. The lowest BCUT2D eigenvalue weighted by Gasteiger charge is -2.17. The van der Waals surface area contributed by atoms with E-state index in [1.807, 2.05) is 36.0 Å². The van der Waals surface area contributed by atoms with Gasteiger partial charge in [0.15, 0.2) is 5.37 Å². The molecule has 0 aliphatic rings. The van der Waals surface area contributed by atoms with E-state index in [0.717, 1.165) is 16.7 Å². The number of benzene rings is 1. The number of anilines is 1. The molecular weight excluding hydrogens is 368 g/mol. The second-order valence-corrected chi connectivity index (χ2v) is 6.75. The highest BCUT2D eigenvalue weighted by atomic mass is 79.9. The van der Waals surface area contributed by atoms with Crippen LogP contribution < -0.4 is 22.7 Å². The fourth-order valence-corrected chi connectivity index (χ4v) is 3.84. The van der Waals surface area contributed by atoms with Gasteiger partial charge in [-0.2, -0.15) is 0 Å². The maximum atomic E-state index is 6.12. The van der Waals surface area contributed by atoms with Gasteiger partial charge in [0, 0.05) is 15.4 Å². The number of halogens is 2. The fraction of sp³-hybridized carbons (Fsp3) is 0.312. The minimum Gasteiger partial charge on any atom is -1.00 e. The zero-order valence-electron chi connectivity index (χ0n) is 12.0. The fourth-order valence-electron chi connectivity index (χ4n) is 2.05. The number of aromatic nitrogens is 1. The molecule has 0 spiro atoms. The Hall–Kier alpha value is -0.710. The summed E-state index contributed by atoms with van der Waals surface area (Å²) in [5, 5.41) is 0.329. The van der Waals surface area contributed by atoms with E-state index in [0.29, 0.717) is 5.37 Å². The van der Waals surface area contributed by atoms with E-state index in [1.165, 1.54) is 17.7 Å². The smallest absolute Gasteiger partial charge is 0.273 e. The molecule has 0 radical (unpaired) electrons. The van der Waals surface area contributed by atoms with Crippen LogP contribution in [0, 0.1) is 0 Å². The van der Waals surface area contributed by atoms with Crippen molar-refractivity contribution in [3.05, 3.63) is 53.1 Å². The SMILES string of the molecule is CCCCC(Sc1ccccc1Br)[n+]1ccccc1N.[Cl-]. The van der Waals surface area contributed by atoms with E-state index in [9.17, 15) is 0 Å². The third-order valence-corrected chi connectivity index (χ3v) is 5.44. The first-order chi connectivity index (χ1) is 9.72. The third-order valence-electron chi connectivity index (χ3n) is 3.14. The minimum absolute atomic E-state index is 0. The summed E-state index contributed by atoms with van der Waals surface area (Å²) in [7, 11) is 0. The third kappa shape index (κ3) is 5.20. The van der Waals surface area contributed by atoms with Crippen molar-refractivity contribution in [2.45, 2.75) is 36.5 Å². The van der Waals surface area contributed by atoms with Gasteiger partial charge in [-0.15, -0.1) is 0 Å². The Balaban J connectivity index is 0.00000220. The summed E-state index contributed by atoms with van der Waals surface area (Å²) in [5.41, 5.74) is 6.12. The first-order valence-electron chi connectivity index (χ1n) is 6.89. The highest BCUT2D eigenvalue weighted by molar-refractivity contribution is 9.10. The second kappa shape index (κ2) is 9.34. The molecule has 5 heteroatoms. The number of hydrogen-bond donors (Lipinski definition) is 1. The van der Waals surface area contributed by atoms with E-state index in [1.54, 1.807) is 0 Å². The lowest BCUT2D eigenvalue weighted by Crippen LogP contribution is -3.00. The van der Waals surface area contributed by atoms with Crippen LogP contribution in [-0.4, -0.2) is 0 Å². The van der Waals surface area contributed by atoms with Gasteiger partial charge in [-0.1, -0.05) is 43.3 Å². The van der Waals surface area contributed by atoms with Gasteiger partial charge in [-0.05, 0) is 47.0 Å². The molecule has 1 aromatic carbocycles. The summed E-state index contributed by atoms with van der Waals surface area (Å²) < 4.78 is 3.31. The zero-order chi connectivity index (χ0) is 14.4. The van der Waals surface area contributed by atoms with Gasteiger partial charge >= 0.3 is 0 Å². The monoisotopic (exact) mass is 386 g/mol. The summed E-state index contributed by atoms with van der Waals surface area (Å²) in [5.74, 6) is 0.813. The van der Waals surface area contributed by atoms with Crippen LogP contribution in [0.5, 0.6) is 0 Å². The molecule has 1 heterocycles. The van der Waals surface area contributed by atoms with Crippen molar-refractivity contribution in [2.24, 2.45) is 0 Å². The molecule has 0 bridgehead atoms. The molecule has 0 amide bonds. The summed E-state index contributed by atoms with van der Waals surface area (Å²) in [4.78, 5) is 1.25. The van der Waals surface area contributed by atoms with E-state index < -0.39 is 0 Å². The van der Waals surface area contributed by atoms with Gasteiger partial charge in [-0.25, -0.2) is 4.57 Å². The molecule has 0 fully saturated rings. The van der Waals surface area contributed by atoms with Gasteiger partial charge < -0.3 is 12.4 Å². The highest BCUT2D eigenvalue weighted by Crippen LogP contribution is 2.36. The maximum Gasteiger partial charge on any atom is 0.273 e. The number of hydrogen-bond acceptors (Lipinski definition) is 2. The Bertz CT molecular complexity index is 565. The van der Waals surface area contributed by atoms with Gasteiger partial charge in [-0.3, -0.25) is 5.73 Å². The van der Waals surface area contributed by atoms with Crippen LogP contribution >= 0.6 is 27.7 Å². The van der Waals surface area contributed by atoms with E-state index in [4.69, 9.17) is 5.73 Å². The van der Waals surface area contributed by atoms with Crippen molar-refractivity contribution in [1.82, 2.24) is 0 Å². The molecule has 1 unspecified atom stereocenters. The highest BCUT2D eigenvalue weighted by Gasteiger charge is 2.19. The van der Waals surface area contributed by atoms with Crippen LogP contribution in [0.4, 0.5) is 5.82 Å². The van der Waals surface area contributed by atoms with Crippen LogP contribution in [0.1, 0.15) is 31.6 Å². The lowest BCUT2D eigenvalue weighted by molar-refractivity contribution is -0.686. The Morgan fingerprint density at radius 2 is 1.90 bits per heavy atom. The Kier molecular flexibility index (Phi) is 8.15. The molecule has 2 aromatic rings. The van der Waals surface area contributed by atoms with Gasteiger partial charge in [0.25, 0.3) is 5.82 Å². The zero-order valence-corrected chi connectivity index (χ0v) is 15.2. The average Bonchev–Trinajstić information content (AvgIpc) is 2.46. The van der Waals surface area contributed by atoms with Gasteiger partial charge in [0.2, 0.25) is 0 Å². The number of rotatable bonds is 6. The Morgan fingerprint density at radius 3 is 2.57 bits per heavy atom. The predicted octanol–water partition coefficient (Wildman–Crippen LogP) is 1.80. The summed E-state index contributed by atoms with van der Waals surface area (Å²) in [6, 6.07) is 14.3. The molecule has 0 aliphatic carbocycles. The van der Waals surface area contributed by atoms with Crippen molar-refractivity contribution in [2.75, 3.05) is 5.73 Å². The molecule has 21 heavy (non-hydrogen) atoms. The molecule has 0 aliphatic heterocycles. The summed E-state index contributed by atoms with van der Waals surface area (Å²) in [6.07, 6.45) is 5.57. The van der Waals surface area contributed by atoms with E-state index in [2.05, 4.69) is 51.8 Å². The minimum atomic E-state index is 0. The Morgan fingerprint density at radius 1 is 1.19 bits per heavy atom. The molecule has 0 saturated carbocycles. The maximum absolute atomic E-state index is 6.12. The predicted molar refractivity (Wildman–Crippen MR) is 89.6 cm³/mol. The van der Waals surface area contributed by atoms with Gasteiger partial charge in [0.05, 0.1) is 6.20 Å². The van der Waals surface area contributed by atoms with Crippen molar-refractivity contribution in [3.63, 3.8) is 0 Å². The van der Waals surface area contributed by atoms with E-state index in [-0.39, 0.29) is 12.4 Å². The van der Waals surface area contributed by atoms with Crippen LogP contribution in [0.3, 0.4) is 0 Å². The number of nitrogens with two attached hydrogens (primary N) is 1. The number of nitrogen functional groups attached to an aromatic ring is 1. The van der Waals surface area contributed by atoms with Gasteiger partial charge in [0.1, 0.15) is 0 Å².